The van der Waals surface area contributed by atoms with Gasteiger partial charge < -0.3 is 15.1 Å². The molecule has 8 nitrogen and oxygen atoms in total. The SMILES string of the molecule is CCC(c1ccc(C(F)(F)F)cc1CN(Cc1cc(C(F)(F)F)cc(C(F)(F)F)c1)c1nn[nH]n1)N1CC[C@@H](O)[C@H](O)C1. The number of likely N-dealkylation sites (tertiary alicyclic amines) is 1. The predicted octanol–water partition coefficient (Wildman–Crippen LogP) is 5.34. The van der Waals surface area contributed by atoms with Crippen LogP contribution in [0.4, 0.5) is 45.5 Å². The third-order valence-electron chi connectivity index (χ3n) is 7.23. The molecule has 17 heteroatoms. The summed E-state index contributed by atoms with van der Waals surface area (Å²) in [4.78, 5) is 2.91. The van der Waals surface area contributed by atoms with Gasteiger partial charge in [0, 0.05) is 32.2 Å². The average molecular weight is 627 g/mol. The predicted molar refractivity (Wildman–Crippen MR) is 133 cm³/mol. The summed E-state index contributed by atoms with van der Waals surface area (Å²) in [6, 6.07) is 3.45. The van der Waals surface area contributed by atoms with Gasteiger partial charge in [-0.25, -0.2) is 0 Å². The number of aromatic nitrogens is 4. The van der Waals surface area contributed by atoms with Crippen molar-refractivity contribution < 1.29 is 49.7 Å². The number of hydrogen-bond donors (Lipinski definition) is 3. The fraction of sp³-hybridized carbons (Fsp3) is 0.500. The number of aliphatic hydroxyl groups excluding tert-OH is 2. The molecule has 4 rings (SSSR count). The van der Waals surface area contributed by atoms with E-state index in [-0.39, 0.29) is 30.5 Å². The Hall–Kier alpha value is -3.44. The van der Waals surface area contributed by atoms with E-state index in [0.29, 0.717) is 30.7 Å². The van der Waals surface area contributed by atoms with Gasteiger partial charge in [0.1, 0.15) is 0 Å². The zero-order chi connectivity index (χ0) is 31.7. The van der Waals surface area contributed by atoms with Gasteiger partial charge in [-0.2, -0.15) is 44.7 Å². The molecule has 2 heterocycles. The molecule has 1 unspecified atom stereocenters. The maximum absolute atomic E-state index is 13.8. The van der Waals surface area contributed by atoms with Crippen LogP contribution in [0.25, 0.3) is 0 Å². The van der Waals surface area contributed by atoms with Gasteiger partial charge in [0.2, 0.25) is 0 Å². The lowest BCUT2D eigenvalue weighted by atomic mass is 9.92. The number of anilines is 1. The molecule has 3 N–H and O–H groups in total. The van der Waals surface area contributed by atoms with Crippen LogP contribution in [0.1, 0.15) is 59.2 Å². The number of H-pyrrole nitrogens is 1. The highest BCUT2D eigenvalue weighted by Crippen LogP contribution is 2.38. The molecule has 1 aliphatic heterocycles. The molecule has 1 aliphatic rings. The third kappa shape index (κ3) is 7.75. The van der Waals surface area contributed by atoms with Crippen molar-refractivity contribution in [3.05, 3.63) is 69.8 Å². The first-order valence-electron chi connectivity index (χ1n) is 13.0. The number of halogens is 9. The molecule has 0 saturated carbocycles. The number of benzene rings is 2. The largest absolute Gasteiger partial charge is 0.416 e. The third-order valence-corrected chi connectivity index (χ3v) is 7.23. The maximum Gasteiger partial charge on any atom is 0.416 e. The van der Waals surface area contributed by atoms with E-state index in [2.05, 4.69) is 20.6 Å². The molecule has 1 saturated heterocycles. The minimum absolute atomic E-state index is 0.0249. The van der Waals surface area contributed by atoms with E-state index in [0.717, 1.165) is 17.0 Å². The Bertz CT molecular complexity index is 1350. The van der Waals surface area contributed by atoms with Crippen molar-refractivity contribution >= 4 is 5.95 Å². The van der Waals surface area contributed by atoms with E-state index in [9.17, 15) is 49.7 Å². The summed E-state index contributed by atoms with van der Waals surface area (Å²) in [7, 11) is 0. The van der Waals surface area contributed by atoms with Gasteiger partial charge in [0.05, 0.1) is 28.9 Å². The highest BCUT2D eigenvalue weighted by Gasteiger charge is 2.38. The van der Waals surface area contributed by atoms with Crippen LogP contribution in [0, 0.1) is 0 Å². The molecule has 3 aromatic rings. The minimum Gasteiger partial charge on any atom is -0.390 e. The Morgan fingerprint density at radius 2 is 1.51 bits per heavy atom. The Kier molecular flexibility index (Phi) is 9.27. The van der Waals surface area contributed by atoms with Crippen LogP contribution >= 0.6 is 0 Å². The number of aromatic amines is 1. The first kappa shape index (κ1) is 32.5. The van der Waals surface area contributed by atoms with Gasteiger partial charge >= 0.3 is 18.5 Å². The zero-order valence-corrected chi connectivity index (χ0v) is 22.5. The number of aliphatic hydroxyl groups is 2. The zero-order valence-electron chi connectivity index (χ0n) is 22.5. The smallest absolute Gasteiger partial charge is 0.390 e. The summed E-state index contributed by atoms with van der Waals surface area (Å²) in [5.74, 6) is -0.279. The molecule has 0 aliphatic carbocycles. The van der Waals surface area contributed by atoms with E-state index in [1.807, 2.05) is 0 Å². The van der Waals surface area contributed by atoms with E-state index in [1.165, 1.54) is 6.07 Å². The van der Waals surface area contributed by atoms with Gasteiger partial charge in [0.15, 0.2) is 0 Å². The molecule has 0 amide bonds. The van der Waals surface area contributed by atoms with E-state index < -0.39 is 72.1 Å². The normalized spacial score (nSPS) is 19.4. The van der Waals surface area contributed by atoms with Crippen LogP contribution in [0.2, 0.25) is 0 Å². The van der Waals surface area contributed by atoms with Crippen LogP contribution in [0.3, 0.4) is 0 Å². The highest BCUT2D eigenvalue weighted by molar-refractivity contribution is 5.42. The Labute approximate surface area is 239 Å². The number of nitrogens with zero attached hydrogens (tertiary/aromatic N) is 5. The number of alkyl halides is 9. The second-order valence-electron chi connectivity index (χ2n) is 10.2. The van der Waals surface area contributed by atoms with Gasteiger partial charge in [0.25, 0.3) is 5.95 Å². The van der Waals surface area contributed by atoms with Crippen molar-refractivity contribution in [3.8, 4) is 0 Å². The van der Waals surface area contributed by atoms with Crippen molar-refractivity contribution in [2.24, 2.45) is 0 Å². The summed E-state index contributed by atoms with van der Waals surface area (Å²) in [6.07, 6.45) is -16.5. The number of β-amino-alcohol motifs (C(OH)–C–C–N with tert-alkyl or cyclic N) is 1. The number of piperidine rings is 1. The molecule has 0 bridgehead atoms. The first-order valence-corrected chi connectivity index (χ1v) is 13.0. The van der Waals surface area contributed by atoms with Crippen molar-refractivity contribution in [2.75, 3.05) is 18.0 Å². The summed E-state index contributed by atoms with van der Waals surface area (Å²) < 4.78 is 122. The second kappa shape index (κ2) is 12.3. The van der Waals surface area contributed by atoms with Crippen molar-refractivity contribution in [1.82, 2.24) is 25.5 Å². The molecule has 236 valence electrons. The number of nitrogens with one attached hydrogen (secondary N) is 1. The summed E-state index contributed by atoms with van der Waals surface area (Å²) >= 11 is 0. The van der Waals surface area contributed by atoms with Crippen molar-refractivity contribution in [1.29, 1.82) is 0 Å². The Morgan fingerprint density at radius 1 is 0.884 bits per heavy atom. The quantitative estimate of drug-likeness (QED) is 0.290. The average Bonchev–Trinajstić information content (AvgIpc) is 3.45. The van der Waals surface area contributed by atoms with Crippen molar-refractivity contribution in [3.63, 3.8) is 0 Å². The molecule has 0 radical (unpaired) electrons. The Balaban J connectivity index is 1.78. The maximum atomic E-state index is 13.8. The second-order valence-corrected chi connectivity index (χ2v) is 10.2. The molecule has 1 fully saturated rings. The van der Waals surface area contributed by atoms with Crippen LogP contribution in [0.15, 0.2) is 36.4 Å². The molecular weight excluding hydrogens is 599 g/mol. The summed E-state index contributed by atoms with van der Waals surface area (Å²) in [5.41, 5.74) is -4.14. The van der Waals surface area contributed by atoms with Crippen molar-refractivity contribution in [2.45, 2.75) is 69.6 Å². The molecule has 3 atom stereocenters. The number of tetrazole rings is 1. The van der Waals surface area contributed by atoms with E-state index in [4.69, 9.17) is 0 Å². The molecule has 2 aromatic carbocycles. The van der Waals surface area contributed by atoms with Gasteiger partial charge in [-0.05, 0) is 65.1 Å². The lowest BCUT2D eigenvalue weighted by Crippen LogP contribution is -2.48. The monoisotopic (exact) mass is 626 g/mol. The summed E-state index contributed by atoms with van der Waals surface area (Å²) in [5, 5.41) is 33.2. The van der Waals surface area contributed by atoms with Crippen LogP contribution < -0.4 is 4.90 Å². The number of rotatable bonds is 8. The standard InChI is InChI=1S/C26H27F9N6O2/c1-2-20(40-6-5-21(42)22(43)13-40)19-4-3-16(24(27,28)29)9-15(19)12-41(23-36-38-39-37-23)11-14-7-17(25(30,31)32)10-18(8-14)26(33,34)35/h3-4,7-10,20-22,42-43H,2,5-6,11-13H2,1H3,(H,36,37,38,39)/t20?,21-,22-/m1/s1. The lowest BCUT2D eigenvalue weighted by Gasteiger charge is -2.39. The Morgan fingerprint density at radius 3 is 2.02 bits per heavy atom. The topological polar surface area (TPSA) is 101 Å². The van der Waals surface area contributed by atoms with Crippen LogP contribution in [-0.4, -0.2) is 61.0 Å². The fourth-order valence-corrected chi connectivity index (χ4v) is 5.17. The van der Waals surface area contributed by atoms with Crippen LogP contribution in [-0.2, 0) is 31.6 Å². The van der Waals surface area contributed by atoms with E-state index >= 15 is 0 Å². The molecule has 1 aromatic heterocycles. The number of hydrogen-bond acceptors (Lipinski definition) is 7. The van der Waals surface area contributed by atoms with Crippen LogP contribution in [0.5, 0.6) is 0 Å². The van der Waals surface area contributed by atoms with Gasteiger partial charge in [-0.3, -0.25) is 4.90 Å². The first-order chi connectivity index (χ1) is 20.0. The molecule has 43 heavy (non-hydrogen) atoms. The van der Waals surface area contributed by atoms with E-state index in [1.54, 1.807) is 11.8 Å². The molecule has 0 spiro atoms. The van der Waals surface area contributed by atoms with Gasteiger partial charge in [-0.15, -0.1) is 5.10 Å². The highest BCUT2D eigenvalue weighted by atomic mass is 19.4. The van der Waals surface area contributed by atoms with Gasteiger partial charge in [-0.1, -0.05) is 18.1 Å². The fourth-order valence-electron chi connectivity index (χ4n) is 5.17. The molecular formula is C26H27F9N6O2. The summed E-state index contributed by atoms with van der Waals surface area (Å²) in [6.45, 7) is 1.01. The minimum atomic E-state index is -5.11. The lowest BCUT2D eigenvalue weighted by molar-refractivity contribution is -0.143.